The lowest BCUT2D eigenvalue weighted by molar-refractivity contribution is -0.141. The smallest absolute Gasteiger partial charge is 0.317 e. The van der Waals surface area contributed by atoms with Crippen molar-refractivity contribution in [1.29, 1.82) is 0 Å². The monoisotopic (exact) mass is 227 g/mol. The summed E-state index contributed by atoms with van der Waals surface area (Å²) in [5.74, 6) is -0.710. The molecule has 0 amide bonds. The minimum absolute atomic E-state index is 0.189. The van der Waals surface area contributed by atoms with Crippen LogP contribution in [0.1, 0.15) is 39.5 Å². The summed E-state index contributed by atoms with van der Waals surface area (Å²) in [6, 6.07) is 0.904. The van der Waals surface area contributed by atoms with Crippen LogP contribution in [0, 0.1) is 0 Å². The number of carboxylic acids is 1. The molecule has 2 unspecified atom stereocenters. The van der Waals surface area contributed by atoms with Gasteiger partial charge in [-0.15, -0.1) is 0 Å². The van der Waals surface area contributed by atoms with Crippen molar-refractivity contribution in [3.8, 4) is 0 Å². The largest absolute Gasteiger partial charge is 0.480 e. The molecule has 2 rings (SSSR count). The zero-order chi connectivity index (χ0) is 11.7. The average Bonchev–Trinajstić information content (AvgIpc) is 2.95. The van der Waals surface area contributed by atoms with E-state index in [0.717, 1.165) is 25.7 Å². The molecule has 2 atom stereocenters. The Balaban J connectivity index is 1.98. The van der Waals surface area contributed by atoms with Gasteiger partial charge in [0.15, 0.2) is 0 Å². The maximum absolute atomic E-state index is 10.9. The first-order valence-corrected chi connectivity index (χ1v) is 6.19. The van der Waals surface area contributed by atoms with Crippen LogP contribution in [0.2, 0.25) is 0 Å². The van der Waals surface area contributed by atoms with E-state index in [9.17, 15) is 4.79 Å². The van der Waals surface area contributed by atoms with Gasteiger partial charge in [0.25, 0.3) is 0 Å². The quantitative estimate of drug-likeness (QED) is 0.790. The Bertz CT molecular complexity index is 255. The average molecular weight is 227 g/mol. The van der Waals surface area contributed by atoms with Crippen molar-refractivity contribution in [2.45, 2.75) is 63.8 Å². The molecule has 4 nitrogen and oxygen atoms in total. The summed E-state index contributed by atoms with van der Waals surface area (Å²) in [7, 11) is 0. The van der Waals surface area contributed by atoms with Crippen LogP contribution in [-0.2, 0) is 9.53 Å². The molecule has 1 N–H and O–H groups in total. The minimum Gasteiger partial charge on any atom is -0.480 e. The molecule has 1 saturated heterocycles. The predicted octanol–water partition coefficient (Wildman–Crippen LogP) is 1.49. The van der Waals surface area contributed by atoms with Gasteiger partial charge in [-0.05, 0) is 39.5 Å². The molecule has 0 aromatic rings. The topological polar surface area (TPSA) is 49.8 Å². The maximum Gasteiger partial charge on any atom is 0.317 e. The highest BCUT2D eigenvalue weighted by Crippen LogP contribution is 2.33. The molecule has 2 fully saturated rings. The van der Waals surface area contributed by atoms with E-state index < -0.39 is 5.97 Å². The Morgan fingerprint density at radius 2 is 1.81 bits per heavy atom. The first-order valence-electron chi connectivity index (χ1n) is 6.19. The molecule has 0 radical (unpaired) electrons. The Kier molecular flexibility index (Phi) is 3.50. The van der Waals surface area contributed by atoms with E-state index in [4.69, 9.17) is 9.84 Å². The summed E-state index contributed by atoms with van der Waals surface area (Å²) in [5.41, 5.74) is 0. The van der Waals surface area contributed by atoms with Crippen LogP contribution in [0.25, 0.3) is 0 Å². The summed E-state index contributed by atoms with van der Waals surface area (Å²) < 4.78 is 5.70. The highest BCUT2D eigenvalue weighted by atomic mass is 16.5. The number of hydrogen-bond donors (Lipinski definition) is 1. The zero-order valence-electron chi connectivity index (χ0n) is 10.1. The second kappa shape index (κ2) is 4.72. The summed E-state index contributed by atoms with van der Waals surface area (Å²) in [6.45, 7) is 4.35. The van der Waals surface area contributed by atoms with Gasteiger partial charge in [-0.25, -0.2) is 0 Å². The van der Waals surface area contributed by atoms with Crippen LogP contribution in [-0.4, -0.2) is 46.8 Å². The first-order chi connectivity index (χ1) is 7.56. The fraction of sp³-hybridized carbons (Fsp3) is 0.917. The molecule has 1 heterocycles. The Morgan fingerprint density at radius 3 is 2.25 bits per heavy atom. The summed E-state index contributed by atoms with van der Waals surface area (Å²) >= 11 is 0. The van der Waals surface area contributed by atoms with Crippen LogP contribution in [0.3, 0.4) is 0 Å². The van der Waals surface area contributed by atoms with Crippen molar-refractivity contribution in [3.63, 3.8) is 0 Å². The summed E-state index contributed by atoms with van der Waals surface area (Å²) in [5, 5.41) is 8.95. The number of carboxylic acid groups (broad SMARTS) is 1. The highest BCUT2D eigenvalue weighted by Gasteiger charge is 2.38. The Hall–Kier alpha value is -0.610. The van der Waals surface area contributed by atoms with Crippen molar-refractivity contribution in [2.75, 3.05) is 6.54 Å². The van der Waals surface area contributed by atoms with E-state index in [2.05, 4.69) is 18.7 Å². The van der Waals surface area contributed by atoms with Gasteiger partial charge in [0.05, 0.1) is 18.8 Å². The van der Waals surface area contributed by atoms with Crippen LogP contribution < -0.4 is 0 Å². The van der Waals surface area contributed by atoms with Gasteiger partial charge in [0, 0.05) is 12.1 Å². The lowest BCUT2D eigenvalue weighted by Gasteiger charge is -2.38. The molecule has 0 aromatic carbocycles. The Morgan fingerprint density at radius 1 is 1.25 bits per heavy atom. The molecule has 1 aliphatic heterocycles. The van der Waals surface area contributed by atoms with E-state index >= 15 is 0 Å². The SMILES string of the molecule is CC1CC(N(CC(=O)O)C2CC2)CC(C)O1. The van der Waals surface area contributed by atoms with Crippen LogP contribution >= 0.6 is 0 Å². The molecule has 1 aliphatic carbocycles. The lowest BCUT2D eigenvalue weighted by atomic mass is 9.98. The van der Waals surface area contributed by atoms with Crippen molar-refractivity contribution in [3.05, 3.63) is 0 Å². The van der Waals surface area contributed by atoms with Gasteiger partial charge in [0.1, 0.15) is 0 Å². The third kappa shape index (κ3) is 2.95. The number of aliphatic carboxylic acids is 1. The van der Waals surface area contributed by atoms with Crippen molar-refractivity contribution in [2.24, 2.45) is 0 Å². The lowest BCUT2D eigenvalue weighted by Crippen LogP contribution is -2.47. The van der Waals surface area contributed by atoms with Crippen molar-refractivity contribution in [1.82, 2.24) is 4.90 Å². The number of rotatable bonds is 4. The molecule has 2 aliphatic rings. The minimum atomic E-state index is -0.710. The van der Waals surface area contributed by atoms with E-state index in [1.165, 1.54) is 0 Å². The van der Waals surface area contributed by atoms with Crippen LogP contribution in [0.5, 0.6) is 0 Å². The van der Waals surface area contributed by atoms with Gasteiger partial charge in [-0.2, -0.15) is 0 Å². The van der Waals surface area contributed by atoms with Gasteiger partial charge in [-0.1, -0.05) is 0 Å². The fourth-order valence-corrected chi connectivity index (χ4v) is 2.76. The number of ether oxygens (including phenoxy) is 1. The number of nitrogens with zero attached hydrogens (tertiary/aromatic N) is 1. The molecule has 0 bridgehead atoms. The van der Waals surface area contributed by atoms with Gasteiger partial charge in [0.2, 0.25) is 0 Å². The maximum atomic E-state index is 10.9. The van der Waals surface area contributed by atoms with Gasteiger partial charge >= 0.3 is 5.97 Å². The van der Waals surface area contributed by atoms with Gasteiger partial charge in [-0.3, -0.25) is 9.69 Å². The molecule has 0 aromatic heterocycles. The summed E-state index contributed by atoms with van der Waals surface area (Å²) in [6.07, 6.45) is 4.76. The zero-order valence-corrected chi connectivity index (χ0v) is 10.1. The van der Waals surface area contributed by atoms with E-state index in [1.807, 2.05) is 0 Å². The van der Waals surface area contributed by atoms with Crippen LogP contribution in [0.15, 0.2) is 0 Å². The van der Waals surface area contributed by atoms with E-state index in [0.29, 0.717) is 12.1 Å². The van der Waals surface area contributed by atoms with Crippen LogP contribution in [0.4, 0.5) is 0 Å². The van der Waals surface area contributed by atoms with E-state index in [1.54, 1.807) is 0 Å². The predicted molar refractivity (Wildman–Crippen MR) is 60.4 cm³/mol. The standard InChI is InChI=1S/C12H21NO3/c1-8-5-11(6-9(2)16-8)13(7-12(14)15)10-3-4-10/h8-11H,3-7H2,1-2H3,(H,14,15). The number of carbonyl (C=O) groups is 1. The molecule has 4 heteroatoms. The second-order valence-electron chi connectivity index (χ2n) is 5.18. The fourth-order valence-electron chi connectivity index (χ4n) is 2.76. The second-order valence-corrected chi connectivity index (χ2v) is 5.18. The molecule has 92 valence electrons. The number of hydrogen-bond acceptors (Lipinski definition) is 3. The molecular weight excluding hydrogens is 206 g/mol. The van der Waals surface area contributed by atoms with E-state index in [-0.39, 0.29) is 18.8 Å². The third-order valence-electron chi connectivity index (χ3n) is 3.48. The van der Waals surface area contributed by atoms with Gasteiger partial charge < -0.3 is 9.84 Å². The molecule has 0 spiro atoms. The van der Waals surface area contributed by atoms with Crippen molar-refractivity contribution < 1.29 is 14.6 Å². The molecular formula is C12H21NO3. The Labute approximate surface area is 96.6 Å². The van der Waals surface area contributed by atoms with Crippen molar-refractivity contribution >= 4 is 5.97 Å². The normalized spacial score (nSPS) is 35.3. The first kappa shape index (κ1) is 11.9. The summed E-state index contributed by atoms with van der Waals surface area (Å²) in [4.78, 5) is 13.1. The highest BCUT2D eigenvalue weighted by molar-refractivity contribution is 5.69. The third-order valence-corrected chi connectivity index (χ3v) is 3.48. The molecule has 1 saturated carbocycles. The molecule has 16 heavy (non-hydrogen) atoms.